The van der Waals surface area contributed by atoms with Gasteiger partial charge in [-0.25, -0.2) is 4.98 Å². The molecule has 142 valence electrons. The summed E-state index contributed by atoms with van der Waals surface area (Å²) < 4.78 is 37.5. The lowest BCUT2D eigenvalue weighted by Gasteiger charge is -2.14. The number of hydrogen-bond acceptors (Lipinski definition) is 6. The topological polar surface area (TPSA) is 112 Å². The lowest BCUT2D eigenvalue weighted by molar-refractivity contribution is 0.413. The van der Waals surface area contributed by atoms with E-state index >= 15 is 0 Å². The molecule has 8 heteroatoms. The zero-order valence-electron chi connectivity index (χ0n) is 15.2. The predicted molar refractivity (Wildman–Crippen MR) is 105 cm³/mol. The van der Waals surface area contributed by atoms with Crippen LogP contribution in [0.3, 0.4) is 0 Å². The SMILES string of the molecule is COc1cc(-c2ccccc2Nc2cc(S(=O)(=O)O)cc(C)n2)ccc1C#N. The van der Waals surface area contributed by atoms with Gasteiger partial charge in [0.1, 0.15) is 17.6 Å². The van der Waals surface area contributed by atoms with E-state index in [4.69, 9.17) is 10.00 Å². The molecule has 7 nitrogen and oxygen atoms in total. The largest absolute Gasteiger partial charge is 0.495 e. The smallest absolute Gasteiger partial charge is 0.294 e. The van der Waals surface area contributed by atoms with Gasteiger partial charge in [0.05, 0.1) is 17.6 Å². The fourth-order valence-corrected chi connectivity index (χ4v) is 3.36. The number of aryl methyl sites for hydroxylation is 1. The van der Waals surface area contributed by atoms with Crippen LogP contribution in [0.5, 0.6) is 5.75 Å². The van der Waals surface area contributed by atoms with Crippen LogP contribution in [-0.2, 0) is 10.1 Å². The van der Waals surface area contributed by atoms with Crippen LogP contribution in [0.1, 0.15) is 11.3 Å². The monoisotopic (exact) mass is 395 g/mol. The molecule has 3 rings (SSSR count). The van der Waals surface area contributed by atoms with Gasteiger partial charge in [0.25, 0.3) is 10.1 Å². The second-order valence-corrected chi connectivity index (χ2v) is 7.42. The zero-order valence-corrected chi connectivity index (χ0v) is 16.0. The molecule has 1 heterocycles. The summed E-state index contributed by atoms with van der Waals surface area (Å²) >= 11 is 0. The second-order valence-electron chi connectivity index (χ2n) is 6.00. The summed E-state index contributed by atoms with van der Waals surface area (Å²) in [5.74, 6) is 0.734. The summed E-state index contributed by atoms with van der Waals surface area (Å²) in [6, 6.07) is 17.2. The van der Waals surface area contributed by atoms with Gasteiger partial charge in [-0.2, -0.15) is 13.7 Å². The summed E-state index contributed by atoms with van der Waals surface area (Å²) in [7, 11) is -2.85. The van der Waals surface area contributed by atoms with Gasteiger partial charge in [0, 0.05) is 23.0 Å². The third-order valence-electron chi connectivity index (χ3n) is 4.05. The van der Waals surface area contributed by atoms with Crippen molar-refractivity contribution < 1.29 is 17.7 Å². The van der Waals surface area contributed by atoms with Gasteiger partial charge in [-0.15, -0.1) is 0 Å². The maximum Gasteiger partial charge on any atom is 0.294 e. The van der Waals surface area contributed by atoms with Crippen molar-refractivity contribution in [1.82, 2.24) is 4.98 Å². The quantitative estimate of drug-likeness (QED) is 0.629. The van der Waals surface area contributed by atoms with Crippen molar-refractivity contribution in [3.8, 4) is 22.9 Å². The van der Waals surface area contributed by atoms with Crippen molar-refractivity contribution in [1.29, 1.82) is 5.26 Å². The van der Waals surface area contributed by atoms with Crippen LogP contribution in [0.25, 0.3) is 11.1 Å². The molecule has 0 radical (unpaired) electrons. The lowest BCUT2D eigenvalue weighted by atomic mass is 10.0. The lowest BCUT2D eigenvalue weighted by Crippen LogP contribution is -2.03. The Morgan fingerprint density at radius 1 is 1.14 bits per heavy atom. The molecule has 0 fully saturated rings. The number of benzene rings is 2. The number of methoxy groups -OCH3 is 1. The number of aromatic nitrogens is 1. The minimum atomic E-state index is -4.35. The fourth-order valence-electron chi connectivity index (χ4n) is 2.78. The molecule has 0 aliphatic carbocycles. The third-order valence-corrected chi connectivity index (χ3v) is 4.88. The van der Waals surface area contributed by atoms with E-state index < -0.39 is 10.1 Å². The average Bonchev–Trinajstić information content (AvgIpc) is 2.66. The van der Waals surface area contributed by atoms with Gasteiger partial charge in [0.2, 0.25) is 0 Å². The number of pyridine rings is 1. The summed E-state index contributed by atoms with van der Waals surface area (Å²) in [5.41, 5.74) is 3.15. The van der Waals surface area contributed by atoms with E-state index in [0.29, 0.717) is 22.7 Å². The van der Waals surface area contributed by atoms with Crippen molar-refractivity contribution in [3.63, 3.8) is 0 Å². The van der Waals surface area contributed by atoms with Crippen LogP contribution < -0.4 is 10.1 Å². The average molecular weight is 395 g/mol. The number of nitriles is 1. The van der Waals surface area contributed by atoms with Gasteiger partial charge >= 0.3 is 0 Å². The molecule has 0 unspecified atom stereocenters. The minimum absolute atomic E-state index is 0.236. The Hall–Kier alpha value is -3.41. The first kappa shape index (κ1) is 19.4. The highest BCUT2D eigenvalue weighted by molar-refractivity contribution is 7.85. The summed E-state index contributed by atoms with van der Waals surface area (Å²) in [6.07, 6.45) is 0. The number of anilines is 2. The normalized spacial score (nSPS) is 10.9. The van der Waals surface area contributed by atoms with E-state index in [1.807, 2.05) is 24.3 Å². The Kier molecular flexibility index (Phi) is 5.31. The Labute approximate surface area is 163 Å². The number of para-hydroxylation sites is 1. The molecule has 0 aliphatic heterocycles. The third kappa shape index (κ3) is 4.11. The first-order valence-corrected chi connectivity index (χ1v) is 9.66. The Morgan fingerprint density at radius 2 is 1.89 bits per heavy atom. The van der Waals surface area contributed by atoms with Gasteiger partial charge < -0.3 is 10.1 Å². The summed E-state index contributed by atoms with van der Waals surface area (Å²) in [6.45, 7) is 1.64. The van der Waals surface area contributed by atoms with Crippen molar-refractivity contribution in [2.75, 3.05) is 12.4 Å². The molecular weight excluding hydrogens is 378 g/mol. The van der Waals surface area contributed by atoms with Crippen molar-refractivity contribution in [2.45, 2.75) is 11.8 Å². The maximum absolute atomic E-state index is 11.5. The summed E-state index contributed by atoms with van der Waals surface area (Å²) in [5, 5.41) is 12.3. The molecule has 0 atom stereocenters. The van der Waals surface area contributed by atoms with E-state index in [-0.39, 0.29) is 10.7 Å². The minimum Gasteiger partial charge on any atom is -0.495 e. The Balaban J connectivity index is 2.05. The zero-order chi connectivity index (χ0) is 20.3. The Morgan fingerprint density at radius 3 is 2.57 bits per heavy atom. The van der Waals surface area contributed by atoms with Gasteiger partial charge in [-0.05, 0) is 36.8 Å². The van der Waals surface area contributed by atoms with Gasteiger partial charge in [-0.3, -0.25) is 4.55 Å². The molecule has 0 saturated heterocycles. The van der Waals surface area contributed by atoms with Crippen molar-refractivity contribution in [3.05, 3.63) is 65.9 Å². The standard InChI is InChI=1S/C20H17N3O4S/c1-13-9-16(28(24,25)26)11-20(22-13)23-18-6-4-3-5-17(18)14-7-8-15(12-21)19(10-14)27-2/h3-11H,1-2H3,(H,22,23)(H,24,25,26). The van der Waals surface area contributed by atoms with Crippen LogP contribution in [0.2, 0.25) is 0 Å². The first-order valence-electron chi connectivity index (χ1n) is 8.22. The van der Waals surface area contributed by atoms with Crippen LogP contribution in [-0.4, -0.2) is 25.1 Å². The van der Waals surface area contributed by atoms with Gasteiger partial charge in [-0.1, -0.05) is 24.3 Å². The molecule has 0 aliphatic rings. The molecule has 2 N–H and O–H groups in total. The van der Waals surface area contributed by atoms with Crippen molar-refractivity contribution in [2.24, 2.45) is 0 Å². The first-order chi connectivity index (χ1) is 13.3. The molecular formula is C20H17N3O4S. The maximum atomic E-state index is 11.5. The molecule has 0 spiro atoms. The van der Waals surface area contributed by atoms with Crippen LogP contribution in [0, 0.1) is 18.3 Å². The molecule has 3 aromatic rings. The van der Waals surface area contributed by atoms with Crippen molar-refractivity contribution >= 4 is 21.6 Å². The van der Waals surface area contributed by atoms with E-state index in [2.05, 4.69) is 16.4 Å². The number of rotatable bonds is 5. The molecule has 28 heavy (non-hydrogen) atoms. The van der Waals surface area contributed by atoms with E-state index in [1.54, 1.807) is 25.1 Å². The van der Waals surface area contributed by atoms with E-state index in [0.717, 1.165) is 11.1 Å². The highest BCUT2D eigenvalue weighted by Gasteiger charge is 2.14. The number of ether oxygens (including phenoxy) is 1. The highest BCUT2D eigenvalue weighted by Crippen LogP contribution is 2.33. The molecule has 2 aromatic carbocycles. The fraction of sp³-hybridized carbons (Fsp3) is 0.100. The molecule has 1 aromatic heterocycles. The Bertz CT molecular complexity index is 1180. The number of nitrogens with zero attached hydrogens (tertiary/aromatic N) is 2. The predicted octanol–water partition coefficient (Wildman–Crippen LogP) is 3.93. The number of hydrogen-bond donors (Lipinski definition) is 2. The number of nitrogens with one attached hydrogen (secondary N) is 1. The van der Waals surface area contributed by atoms with E-state index in [9.17, 15) is 13.0 Å². The highest BCUT2D eigenvalue weighted by atomic mass is 32.2. The molecule has 0 amide bonds. The van der Waals surface area contributed by atoms with E-state index in [1.165, 1.54) is 19.2 Å². The van der Waals surface area contributed by atoms with Crippen LogP contribution >= 0.6 is 0 Å². The van der Waals surface area contributed by atoms with Crippen LogP contribution in [0.15, 0.2) is 59.5 Å². The van der Waals surface area contributed by atoms with Gasteiger partial charge in [0.15, 0.2) is 0 Å². The summed E-state index contributed by atoms with van der Waals surface area (Å²) in [4.78, 5) is 4.05. The molecule has 0 saturated carbocycles. The van der Waals surface area contributed by atoms with Crippen LogP contribution in [0.4, 0.5) is 11.5 Å². The second kappa shape index (κ2) is 7.68. The molecule has 0 bridgehead atoms.